The minimum Gasteiger partial charge on any atom is -0.460 e. The van der Waals surface area contributed by atoms with Gasteiger partial charge in [0.25, 0.3) is 5.91 Å². The summed E-state index contributed by atoms with van der Waals surface area (Å²) < 4.78 is 12.1. The number of aromatic nitrogens is 4. The molecule has 1 atom stereocenters. The number of piperidine rings is 1. The van der Waals surface area contributed by atoms with Gasteiger partial charge in [0, 0.05) is 44.5 Å². The second-order valence-electron chi connectivity index (χ2n) is 7.13. The number of likely N-dealkylation sites (tertiary alicyclic amines) is 1. The van der Waals surface area contributed by atoms with E-state index in [1.165, 1.54) is 0 Å². The van der Waals surface area contributed by atoms with Gasteiger partial charge >= 0.3 is 6.01 Å². The molecular weight excluding hydrogens is 346 g/mol. The first-order valence-corrected chi connectivity index (χ1v) is 9.29. The minimum absolute atomic E-state index is 0.0337. The highest BCUT2D eigenvalue weighted by molar-refractivity contribution is 5.92. The van der Waals surface area contributed by atoms with Crippen LogP contribution >= 0.6 is 0 Å². The van der Waals surface area contributed by atoms with Crippen LogP contribution in [-0.4, -0.2) is 62.1 Å². The quantitative estimate of drug-likeness (QED) is 0.815. The van der Waals surface area contributed by atoms with Crippen LogP contribution in [0, 0.1) is 6.92 Å². The molecule has 4 rings (SSSR count). The van der Waals surface area contributed by atoms with Crippen LogP contribution in [0.1, 0.15) is 41.9 Å². The van der Waals surface area contributed by atoms with Gasteiger partial charge in [0.15, 0.2) is 0 Å². The molecular formula is C19H23N5O3. The molecule has 2 fully saturated rings. The summed E-state index contributed by atoms with van der Waals surface area (Å²) in [6.45, 7) is 3.78. The van der Waals surface area contributed by atoms with Gasteiger partial charge in [-0.15, -0.1) is 0 Å². The van der Waals surface area contributed by atoms with E-state index in [2.05, 4.69) is 19.9 Å². The van der Waals surface area contributed by atoms with E-state index >= 15 is 0 Å². The molecule has 1 amide bonds. The fourth-order valence-electron chi connectivity index (χ4n) is 3.71. The number of carbonyl (C=O) groups excluding carboxylic acids is 1. The maximum atomic E-state index is 12.6. The molecule has 8 nitrogen and oxygen atoms in total. The lowest BCUT2D eigenvalue weighted by Gasteiger charge is -2.45. The van der Waals surface area contributed by atoms with E-state index in [9.17, 15) is 4.79 Å². The summed E-state index contributed by atoms with van der Waals surface area (Å²) in [7, 11) is 0. The first-order valence-electron chi connectivity index (χ1n) is 9.29. The third-order valence-corrected chi connectivity index (χ3v) is 5.22. The molecule has 0 bridgehead atoms. The van der Waals surface area contributed by atoms with Crippen molar-refractivity contribution >= 4 is 5.91 Å². The monoisotopic (exact) mass is 369 g/mol. The summed E-state index contributed by atoms with van der Waals surface area (Å²) in [5.41, 5.74) is 0.949. The highest BCUT2D eigenvalue weighted by Crippen LogP contribution is 2.36. The van der Waals surface area contributed by atoms with Crippen molar-refractivity contribution in [2.75, 3.05) is 19.7 Å². The first kappa shape index (κ1) is 17.8. The van der Waals surface area contributed by atoms with Crippen LogP contribution in [0.2, 0.25) is 0 Å². The van der Waals surface area contributed by atoms with E-state index in [4.69, 9.17) is 9.47 Å². The second kappa shape index (κ2) is 7.56. The molecule has 2 saturated heterocycles. The lowest BCUT2D eigenvalue weighted by molar-refractivity contribution is -0.136. The fourth-order valence-corrected chi connectivity index (χ4v) is 3.71. The average Bonchev–Trinajstić information content (AvgIpc) is 2.70. The Morgan fingerprint density at radius 1 is 1.19 bits per heavy atom. The topological polar surface area (TPSA) is 90.3 Å². The summed E-state index contributed by atoms with van der Waals surface area (Å²) in [6.07, 6.45) is 9.73. The molecule has 0 aliphatic carbocycles. The number of rotatable bonds is 3. The van der Waals surface area contributed by atoms with E-state index in [1.54, 1.807) is 30.9 Å². The van der Waals surface area contributed by atoms with Gasteiger partial charge in [-0.2, -0.15) is 0 Å². The van der Waals surface area contributed by atoms with Crippen molar-refractivity contribution < 1.29 is 14.3 Å². The van der Waals surface area contributed by atoms with Gasteiger partial charge in [-0.3, -0.25) is 9.78 Å². The van der Waals surface area contributed by atoms with Crippen molar-refractivity contribution in [2.24, 2.45) is 0 Å². The predicted molar refractivity (Wildman–Crippen MR) is 96.3 cm³/mol. The lowest BCUT2D eigenvalue weighted by atomic mass is 9.83. The Hall–Kier alpha value is -2.61. The van der Waals surface area contributed by atoms with Gasteiger partial charge < -0.3 is 14.4 Å². The Morgan fingerprint density at radius 2 is 1.96 bits per heavy atom. The molecule has 27 heavy (non-hydrogen) atoms. The zero-order valence-electron chi connectivity index (χ0n) is 15.4. The predicted octanol–water partition coefficient (Wildman–Crippen LogP) is 1.81. The Kier molecular flexibility index (Phi) is 4.98. The van der Waals surface area contributed by atoms with Gasteiger partial charge in [0.05, 0.1) is 24.1 Å². The summed E-state index contributed by atoms with van der Waals surface area (Å²) in [6, 6.07) is 2.17. The van der Waals surface area contributed by atoms with Crippen LogP contribution in [-0.2, 0) is 4.74 Å². The van der Waals surface area contributed by atoms with Crippen molar-refractivity contribution in [2.45, 2.75) is 44.3 Å². The standard InChI is InChI=1S/C19H23N5O3/c1-14-12-23-16(13-22-14)17(25)24-8-4-19(5-9-24)11-15(3-10-26-19)27-18-20-6-2-7-21-18/h2,6-7,12-13,15H,3-5,8-11H2,1H3. The van der Waals surface area contributed by atoms with E-state index < -0.39 is 0 Å². The normalized spacial score (nSPS) is 21.8. The molecule has 0 radical (unpaired) electrons. The van der Waals surface area contributed by atoms with E-state index in [0.29, 0.717) is 31.4 Å². The largest absolute Gasteiger partial charge is 0.460 e. The SMILES string of the molecule is Cc1cnc(C(=O)N2CCC3(CC2)CC(Oc2ncccn2)CCO3)cn1. The molecule has 0 saturated carbocycles. The molecule has 0 aromatic carbocycles. The number of nitrogens with zero attached hydrogens (tertiary/aromatic N) is 5. The van der Waals surface area contributed by atoms with Gasteiger partial charge in [0.2, 0.25) is 0 Å². The van der Waals surface area contributed by atoms with Crippen LogP contribution in [0.3, 0.4) is 0 Å². The highest BCUT2D eigenvalue weighted by Gasteiger charge is 2.42. The third-order valence-electron chi connectivity index (χ3n) is 5.22. The number of amides is 1. The van der Waals surface area contributed by atoms with Crippen molar-refractivity contribution in [1.29, 1.82) is 0 Å². The Morgan fingerprint density at radius 3 is 2.67 bits per heavy atom. The molecule has 2 aromatic heterocycles. The van der Waals surface area contributed by atoms with Crippen molar-refractivity contribution in [3.8, 4) is 6.01 Å². The number of carbonyl (C=O) groups is 1. The molecule has 0 N–H and O–H groups in total. The van der Waals surface area contributed by atoms with Crippen LogP contribution in [0.25, 0.3) is 0 Å². The van der Waals surface area contributed by atoms with E-state index in [0.717, 1.165) is 31.4 Å². The molecule has 1 spiro atoms. The first-order chi connectivity index (χ1) is 13.1. The van der Waals surface area contributed by atoms with Crippen LogP contribution in [0.5, 0.6) is 6.01 Å². The van der Waals surface area contributed by atoms with Gasteiger partial charge in [0.1, 0.15) is 11.8 Å². The molecule has 4 heterocycles. The van der Waals surface area contributed by atoms with Gasteiger partial charge in [-0.1, -0.05) is 0 Å². The smallest absolute Gasteiger partial charge is 0.316 e. The van der Waals surface area contributed by atoms with Crippen LogP contribution < -0.4 is 4.74 Å². The van der Waals surface area contributed by atoms with Gasteiger partial charge in [-0.25, -0.2) is 15.0 Å². The van der Waals surface area contributed by atoms with Crippen molar-refractivity contribution in [3.63, 3.8) is 0 Å². The third kappa shape index (κ3) is 4.05. The minimum atomic E-state index is -0.243. The Labute approximate surface area is 158 Å². The average molecular weight is 369 g/mol. The number of hydrogen-bond donors (Lipinski definition) is 0. The maximum absolute atomic E-state index is 12.6. The maximum Gasteiger partial charge on any atom is 0.316 e. The van der Waals surface area contributed by atoms with Crippen molar-refractivity contribution in [1.82, 2.24) is 24.8 Å². The van der Waals surface area contributed by atoms with Gasteiger partial charge in [-0.05, 0) is 25.8 Å². The lowest BCUT2D eigenvalue weighted by Crippen LogP contribution is -2.52. The molecule has 1 unspecified atom stereocenters. The summed E-state index contributed by atoms with van der Waals surface area (Å²) >= 11 is 0. The Balaban J connectivity index is 1.36. The Bertz CT molecular complexity index is 776. The van der Waals surface area contributed by atoms with Crippen LogP contribution in [0.4, 0.5) is 0 Å². The molecule has 8 heteroatoms. The second-order valence-corrected chi connectivity index (χ2v) is 7.13. The zero-order chi connectivity index (χ0) is 18.7. The van der Waals surface area contributed by atoms with E-state index in [1.807, 2.05) is 11.8 Å². The summed E-state index contributed by atoms with van der Waals surface area (Å²) in [5, 5.41) is 0. The summed E-state index contributed by atoms with van der Waals surface area (Å²) in [5.74, 6) is -0.0707. The molecule has 2 aliphatic heterocycles. The van der Waals surface area contributed by atoms with Crippen molar-refractivity contribution in [3.05, 3.63) is 42.2 Å². The van der Waals surface area contributed by atoms with Crippen LogP contribution in [0.15, 0.2) is 30.9 Å². The summed E-state index contributed by atoms with van der Waals surface area (Å²) in [4.78, 5) is 31.1. The highest BCUT2D eigenvalue weighted by atomic mass is 16.5. The molecule has 142 valence electrons. The number of hydrogen-bond acceptors (Lipinski definition) is 7. The number of aryl methyl sites for hydroxylation is 1. The fraction of sp³-hybridized carbons (Fsp3) is 0.526. The molecule has 2 aromatic rings. The zero-order valence-corrected chi connectivity index (χ0v) is 15.4. The molecule has 2 aliphatic rings. The number of ether oxygens (including phenoxy) is 2. The van der Waals surface area contributed by atoms with E-state index in [-0.39, 0.29) is 17.6 Å².